The molecule has 0 spiro atoms. The van der Waals surface area contributed by atoms with Gasteiger partial charge in [-0.15, -0.1) is 11.3 Å². The number of piperazine rings is 1. The lowest BCUT2D eigenvalue weighted by Crippen LogP contribution is -2.47. The quantitative estimate of drug-likeness (QED) is 0.793. The highest BCUT2D eigenvalue weighted by Gasteiger charge is 2.37. The van der Waals surface area contributed by atoms with Gasteiger partial charge in [0.2, 0.25) is 0 Å². The number of aryl methyl sites for hydroxylation is 1. The second-order valence-corrected chi connectivity index (χ2v) is 5.53. The molecule has 0 saturated carbocycles. The van der Waals surface area contributed by atoms with Crippen molar-refractivity contribution in [3.05, 3.63) is 15.6 Å². The van der Waals surface area contributed by atoms with Gasteiger partial charge in [-0.1, -0.05) is 0 Å². The SMILES string of the molecule is Cc1nc(C(F)(F)F)sc1C(=O)N1CCN(C)CC1. The first-order valence-corrected chi connectivity index (χ1v) is 6.63. The monoisotopic (exact) mass is 293 g/mol. The normalized spacial score (nSPS) is 17.8. The van der Waals surface area contributed by atoms with Gasteiger partial charge in [0.1, 0.15) is 4.88 Å². The Morgan fingerprint density at radius 2 is 1.84 bits per heavy atom. The highest BCUT2D eigenvalue weighted by molar-refractivity contribution is 7.13. The topological polar surface area (TPSA) is 36.4 Å². The molecule has 1 aliphatic heterocycles. The molecule has 2 rings (SSSR count). The molecule has 0 unspecified atom stereocenters. The predicted octanol–water partition coefficient (Wildman–Crippen LogP) is 1.86. The van der Waals surface area contributed by atoms with Crippen LogP contribution in [0.1, 0.15) is 20.4 Å². The molecule has 0 aliphatic carbocycles. The summed E-state index contributed by atoms with van der Waals surface area (Å²) in [5.41, 5.74) is 0.154. The molecule has 1 aliphatic rings. The number of aromatic nitrogens is 1. The first kappa shape index (κ1) is 14.3. The molecule has 1 aromatic rings. The Kier molecular flexibility index (Phi) is 3.82. The lowest BCUT2D eigenvalue weighted by molar-refractivity contribution is -0.137. The number of hydrogen-bond donors (Lipinski definition) is 0. The number of hydrogen-bond acceptors (Lipinski definition) is 4. The van der Waals surface area contributed by atoms with Crippen molar-refractivity contribution in [3.63, 3.8) is 0 Å². The molecule has 0 aromatic carbocycles. The van der Waals surface area contributed by atoms with E-state index in [1.54, 1.807) is 4.90 Å². The fraction of sp³-hybridized carbons (Fsp3) is 0.636. The minimum absolute atomic E-state index is 0.0943. The maximum atomic E-state index is 12.6. The van der Waals surface area contributed by atoms with Gasteiger partial charge in [-0.3, -0.25) is 4.79 Å². The maximum absolute atomic E-state index is 12.6. The number of amides is 1. The Morgan fingerprint density at radius 3 is 2.32 bits per heavy atom. The summed E-state index contributed by atoms with van der Waals surface area (Å²) in [6, 6.07) is 0. The molecule has 19 heavy (non-hydrogen) atoms. The smallest absolute Gasteiger partial charge is 0.335 e. The molecule has 106 valence electrons. The summed E-state index contributed by atoms with van der Waals surface area (Å²) in [5.74, 6) is -0.349. The zero-order valence-electron chi connectivity index (χ0n) is 10.6. The highest BCUT2D eigenvalue weighted by atomic mass is 32.1. The molecule has 1 amide bonds. The fourth-order valence-corrected chi connectivity index (χ4v) is 2.77. The summed E-state index contributed by atoms with van der Waals surface area (Å²) >= 11 is 0.428. The Labute approximate surface area is 112 Å². The van der Waals surface area contributed by atoms with Gasteiger partial charge in [-0.05, 0) is 14.0 Å². The van der Waals surface area contributed by atoms with Gasteiger partial charge in [0, 0.05) is 26.2 Å². The zero-order chi connectivity index (χ0) is 14.2. The molecule has 1 aromatic heterocycles. The van der Waals surface area contributed by atoms with Crippen molar-refractivity contribution < 1.29 is 18.0 Å². The third-order valence-electron chi connectivity index (χ3n) is 3.02. The highest BCUT2D eigenvalue weighted by Crippen LogP contribution is 2.34. The first-order valence-electron chi connectivity index (χ1n) is 5.81. The number of nitrogens with zero attached hydrogens (tertiary/aromatic N) is 3. The van der Waals surface area contributed by atoms with Crippen LogP contribution in [-0.4, -0.2) is 53.9 Å². The van der Waals surface area contributed by atoms with E-state index in [0.717, 1.165) is 13.1 Å². The fourth-order valence-electron chi connectivity index (χ4n) is 1.87. The Morgan fingerprint density at radius 1 is 1.26 bits per heavy atom. The van der Waals surface area contributed by atoms with Crippen molar-refractivity contribution >= 4 is 17.2 Å². The summed E-state index contributed by atoms with van der Waals surface area (Å²) in [6.45, 7) is 3.97. The third-order valence-corrected chi connectivity index (χ3v) is 4.21. The molecule has 0 N–H and O–H groups in total. The molecule has 0 atom stereocenters. The Hall–Kier alpha value is -1.15. The minimum atomic E-state index is -4.49. The van der Waals surface area contributed by atoms with E-state index in [-0.39, 0.29) is 16.5 Å². The molecular weight excluding hydrogens is 279 g/mol. The molecule has 4 nitrogen and oxygen atoms in total. The second-order valence-electron chi connectivity index (χ2n) is 4.53. The van der Waals surface area contributed by atoms with E-state index in [1.165, 1.54) is 6.92 Å². The summed E-state index contributed by atoms with van der Waals surface area (Å²) in [5, 5.41) is -0.956. The zero-order valence-corrected chi connectivity index (χ0v) is 11.4. The standard InChI is InChI=1S/C11H14F3N3OS/c1-7-8(19-10(15-7)11(12,13)14)9(18)17-5-3-16(2)4-6-17/h3-6H2,1-2H3. The maximum Gasteiger partial charge on any atom is 0.443 e. The average Bonchev–Trinajstić information content (AvgIpc) is 2.71. The molecule has 0 bridgehead atoms. The van der Waals surface area contributed by atoms with Crippen LogP contribution in [0, 0.1) is 6.92 Å². The number of carbonyl (C=O) groups is 1. The number of halogens is 3. The third kappa shape index (κ3) is 3.06. The van der Waals surface area contributed by atoms with E-state index >= 15 is 0 Å². The van der Waals surface area contributed by atoms with Crippen LogP contribution in [-0.2, 0) is 6.18 Å². The molecule has 2 heterocycles. The predicted molar refractivity (Wildman–Crippen MR) is 65.3 cm³/mol. The lowest BCUT2D eigenvalue weighted by atomic mass is 10.3. The summed E-state index contributed by atoms with van der Waals surface area (Å²) in [6.07, 6.45) is -4.49. The van der Waals surface area contributed by atoms with E-state index in [4.69, 9.17) is 0 Å². The summed E-state index contributed by atoms with van der Waals surface area (Å²) in [7, 11) is 1.95. The van der Waals surface area contributed by atoms with Crippen LogP contribution in [0.3, 0.4) is 0 Å². The van der Waals surface area contributed by atoms with Gasteiger partial charge in [-0.25, -0.2) is 4.98 Å². The van der Waals surface area contributed by atoms with E-state index in [0.29, 0.717) is 24.4 Å². The number of thiazole rings is 1. The van der Waals surface area contributed by atoms with Crippen LogP contribution in [0.4, 0.5) is 13.2 Å². The van der Waals surface area contributed by atoms with Gasteiger partial charge >= 0.3 is 6.18 Å². The van der Waals surface area contributed by atoms with Crippen molar-refractivity contribution in [2.75, 3.05) is 33.2 Å². The number of likely N-dealkylation sites (N-methyl/N-ethyl adjacent to an activating group) is 1. The molecule has 1 saturated heterocycles. The van der Waals surface area contributed by atoms with Crippen LogP contribution in [0.25, 0.3) is 0 Å². The molecule has 8 heteroatoms. The van der Waals surface area contributed by atoms with Crippen molar-refractivity contribution in [2.24, 2.45) is 0 Å². The van der Waals surface area contributed by atoms with E-state index in [2.05, 4.69) is 9.88 Å². The average molecular weight is 293 g/mol. The van der Waals surface area contributed by atoms with Gasteiger partial charge < -0.3 is 9.80 Å². The number of alkyl halides is 3. The molecule has 1 fully saturated rings. The van der Waals surface area contributed by atoms with Crippen molar-refractivity contribution in [1.82, 2.24) is 14.8 Å². The summed E-state index contributed by atoms with van der Waals surface area (Å²) in [4.78, 5) is 19.4. The number of rotatable bonds is 1. The largest absolute Gasteiger partial charge is 0.443 e. The van der Waals surface area contributed by atoms with Gasteiger partial charge in [-0.2, -0.15) is 13.2 Å². The molecular formula is C11H14F3N3OS. The van der Waals surface area contributed by atoms with Crippen LogP contribution < -0.4 is 0 Å². The van der Waals surface area contributed by atoms with E-state index < -0.39 is 11.2 Å². The lowest BCUT2D eigenvalue weighted by Gasteiger charge is -2.32. The van der Waals surface area contributed by atoms with Crippen LogP contribution in [0.15, 0.2) is 0 Å². The van der Waals surface area contributed by atoms with Crippen LogP contribution in [0.2, 0.25) is 0 Å². The van der Waals surface area contributed by atoms with E-state index in [1.807, 2.05) is 7.05 Å². The Balaban J connectivity index is 2.18. The second kappa shape index (κ2) is 5.09. The first-order chi connectivity index (χ1) is 8.79. The summed E-state index contributed by atoms with van der Waals surface area (Å²) < 4.78 is 37.7. The van der Waals surface area contributed by atoms with Crippen molar-refractivity contribution in [3.8, 4) is 0 Å². The van der Waals surface area contributed by atoms with Crippen LogP contribution >= 0.6 is 11.3 Å². The van der Waals surface area contributed by atoms with E-state index in [9.17, 15) is 18.0 Å². The minimum Gasteiger partial charge on any atom is -0.335 e. The van der Waals surface area contributed by atoms with Crippen molar-refractivity contribution in [1.29, 1.82) is 0 Å². The van der Waals surface area contributed by atoms with Gasteiger partial charge in [0.15, 0.2) is 5.01 Å². The van der Waals surface area contributed by atoms with Crippen molar-refractivity contribution in [2.45, 2.75) is 13.1 Å². The van der Waals surface area contributed by atoms with Gasteiger partial charge in [0.25, 0.3) is 5.91 Å². The Bertz CT molecular complexity index is 478. The van der Waals surface area contributed by atoms with Crippen LogP contribution in [0.5, 0.6) is 0 Å². The molecule has 0 radical (unpaired) electrons. The van der Waals surface area contributed by atoms with Gasteiger partial charge in [0.05, 0.1) is 5.69 Å². The number of carbonyl (C=O) groups excluding carboxylic acids is 1.